The third-order valence-corrected chi connectivity index (χ3v) is 7.50. The molecule has 1 saturated heterocycles. The summed E-state index contributed by atoms with van der Waals surface area (Å²) in [7, 11) is 0. The van der Waals surface area contributed by atoms with Crippen LogP contribution >= 0.6 is 23.2 Å². The second-order valence-corrected chi connectivity index (χ2v) is 10.1. The number of nitrogens with zero attached hydrogens (tertiary/aromatic N) is 5. The van der Waals surface area contributed by atoms with Crippen molar-refractivity contribution in [2.75, 3.05) is 23.8 Å². The van der Waals surface area contributed by atoms with Crippen molar-refractivity contribution in [3.8, 4) is 6.07 Å². The van der Waals surface area contributed by atoms with E-state index in [1.54, 1.807) is 6.20 Å². The summed E-state index contributed by atoms with van der Waals surface area (Å²) < 4.78 is 21.5. The van der Waals surface area contributed by atoms with Gasteiger partial charge in [0.25, 0.3) is 0 Å². The summed E-state index contributed by atoms with van der Waals surface area (Å²) in [6.07, 6.45) is 3.56. The Morgan fingerprint density at radius 1 is 1.19 bits per heavy atom. The standard InChI is InChI=1S/C24H25Cl2FN8O2/c25-15-7-12(9-28)8-16(26)20(15)33-24-32-19-10-30-23(31-18-5-6-37-11-17(18)27)34-22(19)35(24)14-3-1-13(2-4-14)21(29)36/h7-8,10,13-14,17-18H,1-6,11H2,(H2,29,36)(H,32,33)(H,30,31,34). The molecule has 0 spiro atoms. The molecule has 0 bridgehead atoms. The Hall–Kier alpha value is -3.20. The van der Waals surface area contributed by atoms with Crippen LogP contribution in [-0.4, -0.2) is 50.9 Å². The normalized spacial score (nSPS) is 23.9. The largest absolute Gasteiger partial charge is 0.378 e. The Morgan fingerprint density at radius 3 is 2.57 bits per heavy atom. The lowest BCUT2D eigenvalue weighted by Gasteiger charge is -2.29. The monoisotopic (exact) mass is 546 g/mol. The smallest absolute Gasteiger partial charge is 0.225 e. The lowest BCUT2D eigenvalue weighted by Crippen LogP contribution is -2.39. The molecule has 13 heteroatoms. The molecule has 194 valence electrons. The van der Waals surface area contributed by atoms with Gasteiger partial charge in [0.2, 0.25) is 17.8 Å². The van der Waals surface area contributed by atoms with Gasteiger partial charge >= 0.3 is 0 Å². The van der Waals surface area contributed by atoms with Gasteiger partial charge in [-0.25, -0.2) is 14.4 Å². The maximum absolute atomic E-state index is 14.3. The quantitative estimate of drug-likeness (QED) is 0.409. The number of ether oxygens (including phenoxy) is 1. The minimum atomic E-state index is -1.17. The fraction of sp³-hybridized carbons (Fsp3) is 0.458. The van der Waals surface area contributed by atoms with E-state index in [2.05, 4.69) is 15.6 Å². The van der Waals surface area contributed by atoms with Crippen molar-refractivity contribution in [3.63, 3.8) is 0 Å². The number of anilines is 3. The molecule has 37 heavy (non-hydrogen) atoms. The molecule has 1 amide bonds. The topological polar surface area (TPSA) is 144 Å². The van der Waals surface area contributed by atoms with E-state index in [-0.39, 0.29) is 40.5 Å². The van der Waals surface area contributed by atoms with E-state index < -0.39 is 12.2 Å². The molecule has 3 aromatic rings. The summed E-state index contributed by atoms with van der Waals surface area (Å²) in [6, 6.07) is 4.56. The molecule has 3 heterocycles. The molecule has 1 aromatic carbocycles. The Kier molecular flexibility index (Phi) is 7.33. The summed E-state index contributed by atoms with van der Waals surface area (Å²) in [6.45, 7) is 0.489. The first-order valence-electron chi connectivity index (χ1n) is 12.0. The summed E-state index contributed by atoms with van der Waals surface area (Å²) in [5, 5.41) is 16.0. The molecule has 4 N–H and O–H groups in total. The van der Waals surface area contributed by atoms with Crippen LogP contribution in [0.25, 0.3) is 11.2 Å². The number of rotatable bonds is 6. The molecule has 2 unspecified atom stereocenters. The highest BCUT2D eigenvalue weighted by Gasteiger charge is 2.30. The van der Waals surface area contributed by atoms with Crippen molar-refractivity contribution in [2.45, 2.75) is 50.4 Å². The number of nitrogens with two attached hydrogens (primary N) is 1. The van der Waals surface area contributed by atoms with Crippen LogP contribution in [0, 0.1) is 17.2 Å². The van der Waals surface area contributed by atoms with Crippen LogP contribution in [-0.2, 0) is 9.53 Å². The first kappa shape index (κ1) is 25.4. The van der Waals surface area contributed by atoms with Crippen LogP contribution in [0.1, 0.15) is 43.7 Å². The highest BCUT2D eigenvalue weighted by Crippen LogP contribution is 2.39. The molecule has 2 atom stereocenters. The van der Waals surface area contributed by atoms with Crippen LogP contribution in [0.5, 0.6) is 0 Å². The third-order valence-electron chi connectivity index (χ3n) is 6.91. The fourth-order valence-corrected chi connectivity index (χ4v) is 5.50. The number of halogens is 3. The molecular formula is C24H25Cl2FN8O2. The maximum atomic E-state index is 14.3. The van der Waals surface area contributed by atoms with Crippen molar-refractivity contribution in [3.05, 3.63) is 33.9 Å². The first-order valence-corrected chi connectivity index (χ1v) is 12.8. The van der Waals surface area contributed by atoms with Gasteiger partial charge in [-0.15, -0.1) is 0 Å². The van der Waals surface area contributed by atoms with Crippen LogP contribution < -0.4 is 16.4 Å². The first-order chi connectivity index (χ1) is 17.8. The highest BCUT2D eigenvalue weighted by atomic mass is 35.5. The van der Waals surface area contributed by atoms with Crippen LogP contribution in [0.2, 0.25) is 10.0 Å². The number of hydrogen-bond donors (Lipinski definition) is 3. The van der Waals surface area contributed by atoms with Gasteiger partial charge in [0.1, 0.15) is 11.7 Å². The number of fused-ring (bicyclic) bond motifs is 1. The van der Waals surface area contributed by atoms with Crippen LogP contribution in [0.4, 0.5) is 22.0 Å². The van der Waals surface area contributed by atoms with E-state index in [9.17, 15) is 14.4 Å². The number of hydrogen-bond acceptors (Lipinski definition) is 8. The van der Waals surface area contributed by atoms with E-state index in [0.717, 1.165) is 0 Å². The van der Waals surface area contributed by atoms with E-state index >= 15 is 0 Å². The molecule has 2 fully saturated rings. The molecule has 2 aliphatic rings. The summed E-state index contributed by atoms with van der Waals surface area (Å²) >= 11 is 12.9. The number of nitrogens with one attached hydrogen (secondary N) is 2. The molecule has 1 aliphatic heterocycles. The van der Waals surface area contributed by atoms with Crippen molar-refractivity contribution in [2.24, 2.45) is 11.7 Å². The molecule has 5 rings (SSSR count). The number of amides is 1. The van der Waals surface area contributed by atoms with Crippen LogP contribution in [0.3, 0.4) is 0 Å². The summed E-state index contributed by atoms with van der Waals surface area (Å²) in [5.41, 5.74) is 7.34. The molecule has 10 nitrogen and oxygen atoms in total. The average Bonchev–Trinajstić information content (AvgIpc) is 3.24. The Balaban J connectivity index is 1.53. The van der Waals surface area contributed by atoms with Gasteiger partial charge in [-0.1, -0.05) is 23.2 Å². The summed E-state index contributed by atoms with van der Waals surface area (Å²) in [5.74, 6) is 0.253. The van der Waals surface area contributed by atoms with Crippen LogP contribution in [0.15, 0.2) is 18.3 Å². The number of benzene rings is 1. The zero-order valence-electron chi connectivity index (χ0n) is 19.8. The Morgan fingerprint density at radius 2 is 1.92 bits per heavy atom. The third kappa shape index (κ3) is 5.28. The number of alkyl halides is 1. The summed E-state index contributed by atoms with van der Waals surface area (Å²) in [4.78, 5) is 25.5. The number of carbonyl (C=O) groups is 1. The minimum Gasteiger partial charge on any atom is -0.378 e. The van der Waals surface area contributed by atoms with E-state index in [0.29, 0.717) is 67.1 Å². The van der Waals surface area contributed by atoms with E-state index in [4.69, 9.17) is 43.6 Å². The second kappa shape index (κ2) is 10.7. The van der Waals surface area contributed by atoms with Crippen molar-refractivity contribution >= 4 is 57.9 Å². The lowest BCUT2D eigenvalue weighted by atomic mass is 9.85. The van der Waals surface area contributed by atoms with Gasteiger partial charge in [-0.3, -0.25) is 9.36 Å². The van der Waals surface area contributed by atoms with Gasteiger partial charge in [0, 0.05) is 18.6 Å². The van der Waals surface area contributed by atoms with Gasteiger partial charge < -0.3 is 21.1 Å². The molecular weight excluding hydrogens is 522 g/mol. The number of aromatic nitrogens is 4. The fourth-order valence-electron chi connectivity index (χ4n) is 4.91. The second-order valence-electron chi connectivity index (χ2n) is 9.30. The molecule has 1 saturated carbocycles. The zero-order valence-corrected chi connectivity index (χ0v) is 21.3. The van der Waals surface area contributed by atoms with Crippen molar-refractivity contribution in [1.29, 1.82) is 5.26 Å². The predicted octanol–water partition coefficient (Wildman–Crippen LogP) is 4.50. The number of nitriles is 1. The van der Waals surface area contributed by atoms with E-state index in [1.807, 2.05) is 10.6 Å². The van der Waals surface area contributed by atoms with Crippen molar-refractivity contribution in [1.82, 2.24) is 19.5 Å². The van der Waals surface area contributed by atoms with Gasteiger partial charge in [-0.2, -0.15) is 10.2 Å². The molecule has 2 aromatic heterocycles. The van der Waals surface area contributed by atoms with Gasteiger partial charge in [-0.05, 0) is 44.2 Å². The predicted molar refractivity (Wildman–Crippen MR) is 138 cm³/mol. The number of imidazole rings is 1. The molecule has 0 radical (unpaired) electrons. The van der Waals surface area contributed by atoms with Crippen molar-refractivity contribution < 1.29 is 13.9 Å². The Labute approximate surface area is 222 Å². The number of carbonyl (C=O) groups excluding carboxylic acids is 1. The highest BCUT2D eigenvalue weighted by molar-refractivity contribution is 6.39. The number of primary amides is 1. The van der Waals surface area contributed by atoms with E-state index in [1.165, 1.54) is 12.1 Å². The Bertz CT molecular complexity index is 1350. The zero-order chi connectivity index (χ0) is 26.1. The van der Waals surface area contributed by atoms with Gasteiger partial charge in [0.15, 0.2) is 5.65 Å². The maximum Gasteiger partial charge on any atom is 0.225 e. The lowest BCUT2D eigenvalue weighted by molar-refractivity contribution is -0.122. The average molecular weight is 547 g/mol. The molecule has 1 aliphatic carbocycles. The SMILES string of the molecule is N#Cc1cc(Cl)c(Nc2nc3cnc(NC4CCOCC4F)nc3n2C2CCC(C(N)=O)CC2)c(Cl)c1. The van der Waals surface area contributed by atoms with Gasteiger partial charge in [0.05, 0.1) is 46.2 Å². The minimum absolute atomic E-state index is 0.0289.